The first kappa shape index (κ1) is 19.9. The van der Waals surface area contributed by atoms with Gasteiger partial charge in [-0.05, 0) is 36.4 Å². The number of ether oxygens (including phenoxy) is 2. The number of para-hydroxylation sites is 2. The molecule has 156 valence electrons. The fraction of sp³-hybridized carbons (Fsp3) is 0.250. The maximum absolute atomic E-state index is 13.0. The first-order valence-corrected chi connectivity index (χ1v) is 9.16. The Morgan fingerprint density at radius 2 is 1.63 bits per heavy atom. The van der Waals surface area contributed by atoms with E-state index in [9.17, 15) is 18.0 Å². The van der Waals surface area contributed by atoms with Gasteiger partial charge >= 0.3 is 6.36 Å². The summed E-state index contributed by atoms with van der Waals surface area (Å²) in [6.45, 7) is 2.15. The molecule has 2 aromatic carbocycles. The number of nitrogens with zero attached hydrogens (tertiary/aromatic N) is 3. The molecule has 1 aliphatic heterocycles. The van der Waals surface area contributed by atoms with E-state index in [1.54, 1.807) is 12.1 Å². The molecule has 0 saturated carbocycles. The average molecular weight is 418 g/mol. The number of rotatable bonds is 4. The van der Waals surface area contributed by atoms with Crippen molar-refractivity contribution in [2.24, 2.45) is 0 Å². The second kappa shape index (κ2) is 8.15. The molecule has 10 heteroatoms. The minimum Gasteiger partial charge on any atom is -0.406 e. The standard InChI is InChI=1S/C20H17F3N4O3/c21-20(22,23)30-14-7-5-13(6-8-14)24-19(28)17-18(27-9-11-29-12-10-27)26-16-4-2-1-3-15(16)25-17/h1-8H,9-12H2,(H,24,28). The zero-order chi connectivity index (χ0) is 21.1. The molecule has 4 rings (SSSR count). The number of carbonyl (C=O) groups excluding carboxylic acids is 1. The van der Waals surface area contributed by atoms with Gasteiger partial charge in [0.25, 0.3) is 5.91 Å². The first-order valence-electron chi connectivity index (χ1n) is 9.16. The molecule has 1 amide bonds. The van der Waals surface area contributed by atoms with E-state index in [4.69, 9.17) is 4.74 Å². The molecule has 1 N–H and O–H groups in total. The highest BCUT2D eigenvalue weighted by Gasteiger charge is 2.31. The van der Waals surface area contributed by atoms with Crippen molar-refractivity contribution in [3.8, 4) is 5.75 Å². The van der Waals surface area contributed by atoms with E-state index in [0.29, 0.717) is 48.8 Å². The lowest BCUT2D eigenvalue weighted by molar-refractivity contribution is -0.274. The normalized spacial score (nSPS) is 14.6. The summed E-state index contributed by atoms with van der Waals surface area (Å²) in [6.07, 6.45) is -4.78. The van der Waals surface area contributed by atoms with Crippen molar-refractivity contribution in [3.05, 3.63) is 54.2 Å². The summed E-state index contributed by atoms with van der Waals surface area (Å²) in [4.78, 5) is 24.0. The number of morpholine rings is 1. The maximum atomic E-state index is 13.0. The van der Waals surface area contributed by atoms with Crippen LogP contribution in [0.1, 0.15) is 10.5 Å². The van der Waals surface area contributed by atoms with Gasteiger partial charge in [0, 0.05) is 18.8 Å². The molecule has 1 fully saturated rings. The summed E-state index contributed by atoms with van der Waals surface area (Å²) in [5, 5.41) is 2.66. The van der Waals surface area contributed by atoms with Crippen molar-refractivity contribution in [2.75, 3.05) is 36.5 Å². The number of aromatic nitrogens is 2. The van der Waals surface area contributed by atoms with E-state index in [0.717, 1.165) is 12.1 Å². The third-order valence-electron chi connectivity index (χ3n) is 4.42. The van der Waals surface area contributed by atoms with E-state index < -0.39 is 12.3 Å². The molecule has 3 aromatic rings. The van der Waals surface area contributed by atoms with E-state index in [1.165, 1.54) is 12.1 Å². The van der Waals surface area contributed by atoms with Crippen molar-refractivity contribution in [1.29, 1.82) is 0 Å². The molecular weight excluding hydrogens is 401 g/mol. The molecule has 0 spiro atoms. The molecule has 0 bridgehead atoms. The number of carbonyl (C=O) groups is 1. The van der Waals surface area contributed by atoms with Gasteiger partial charge in [0.1, 0.15) is 5.75 Å². The lowest BCUT2D eigenvalue weighted by Gasteiger charge is -2.29. The molecule has 0 radical (unpaired) electrons. The number of anilines is 2. The van der Waals surface area contributed by atoms with Crippen molar-refractivity contribution >= 4 is 28.4 Å². The highest BCUT2D eigenvalue weighted by molar-refractivity contribution is 6.07. The number of halogens is 3. The van der Waals surface area contributed by atoms with Gasteiger partial charge in [0.15, 0.2) is 11.5 Å². The lowest BCUT2D eigenvalue weighted by Crippen LogP contribution is -2.38. The average Bonchev–Trinajstić information content (AvgIpc) is 2.74. The molecule has 1 saturated heterocycles. The van der Waals surface area contributed by atoms with Crippen molar-refractivity contribution in [2.45, 2.75) is 6.36 Å². The Bertz CT molecular complexity index is 1050. The van der Waals surface area contributed by atoms with E-state index in [-0.39, 0.29) is 11.4 Å². The number of amides is 1. The Balaban J connectivity index is 1.61. The van der Waals surface area contributed by atoms with Crippen LogP contribution >= 0.6 is 0 Å². The van der Waals surface area contributed by atoms with Crippen LogP contribution in [-0.2, 0) is 4.74 Å². The monoisotopic (exact) mass is 418 g/mol. The molecule has 1 aromatic heterocycles. The molecule has 0 aliphatic carbocycles. The number of benzene rings is 2. The van der Waals surface area contributed by atoms with Gasteiger partial charge < -0.3 is 19.7 Å². The zero-order valence-corrected chi connectivity index (χ0v) is 15.6. The molecule has 2 heterocycles. The predicted octanol–water partition coefficient (Wildman–Crippen LogP) is 3.62. The Morgan fingerprint density at radius 3 is 2.27 bits per heavy atom. The van der Waals surface area contributed by atoms with Crippen LogP contribution < -0.4 is 15.0 Å². The summed E-state index contributed by atoms with van der Waals surface area (Å²) in [5.74, 6) is -0.453. The molecular formula is C20H17F3N4O3. The quantitative estimate of drug-likeness (QED) is 0.698. The third kappa shape index (κ3) is 4.60. The van der Waals surface area contributed by atoms with Gasteiger partial charge in [-0.1, -0.05) is 12.1 Å². The van der Waals surface area contributed by atoms with Gasteiger partial charge in [0.2, 0.25) is 0 Å². The highest BCUT2D eigenvalue weighted by atomic mass is 19.4. The van der Waals surface area contributed by atoms with E-state index >= 15 is 0 Å². The summed E-state index contributed by atoms with van der Waals surface area (Å²) in [7, 11) is 0. The van der Waals surface area contributed by atoms with Crippen LogP contribution in [0.5, 0.6) is 5.75 Å². The van der Waals surface area contributed by atoms with Crippen LogP contribution in [-0.4, -0.2) is 48.5 Å². The fourth-order valence-corrected chi connectivity index (χ4v) is 3.07. The summed E-state index contributed by atoms with van der Waals surface area (Å²) < 4.78 is 46.1. The van der Waals surface area contributed by atoms with Gasteiger partial charge in [-0.2, -0.15) is 0 Å². The van der Waals surface area contributed by atoms with Gasteiger partial charge in [-0.3, -0.25) is 4.79 Å². The van der Waals surface area contributed by atoms with Crippen molar-refractivity contribution < 1.29 is 27.4 Å². The van der Waals surface area contributed by atoms with Crippen LogP contribution in [0.25, 0.3) is 11.0 Å². The van der Waals surface area contributed by atoms with Gasteiger partial charge in [0.05, 0.1) is 24.2 Å². The van der Waals surface area contributed by atoms with Crippen LogP contribution in [0.3, 0.4) is 0 Å². The van der Waals surface area contributed by atoms with Crippen LogP contribution in [0.2, 0.25) is 0 Å². The minimum atomic E-state index is -4.78. The van der Waals surface area contributed by atoms with Crippen LogP contribution in [0.4, 0.5) is 24.7 Å². The maximum Gasteiger partial charge on any atom is 0.573 e. The molecule has 30 heavy (non-hydrogen) atoms. The SMILES string of the molecule is O=C(Nc1ccc(OC(F)(F)F)cc1)c1nc2ccccc2nc1N1CCOCC1. The Morgan fingerprint density at radius 1 is 1.00 bits per heavy atom. The zero-order valence-electron chi connectivity index (χ0n) is 15.6. The number of alkyl halides is 3. The highest BCUT2D eigenvalue weighted by Crippen LogP contribution is 2.26. The Kier molecular flexibility index (Phi) is 5.40. The fourth-order valence-electron chi connectivity index (χ4n) is 3.07. The largest absolute Gasteiger partial charge is 0.573 e. The Hall–Kier alpha value is -3.40. The number of nitrogens with one attached hydrogen (secondary N) is 1. The molecule has 7 nitrogen and oxygen atoms in total. The number of fused-ring (bicyclic) bond motifs is 1. The third-order valence-corrected chi connectivity index (χ3v) is 4.42. The Labute approximate surface area is 169 Å². The number of hydrogen-bond donors (Lipinski definition) is 1. The second-order valence-electron chi connectivity index (χ2n) is 6.51. The van der Waals surface area contributed by atoms with E-state index in [2.05, 4.69) is 20.0 Å². The molecule has 1 aliphatic rings. The van der Waals surface area contributed by atoms with E-state index in [1.807, 2.05) is 17.0 Å². The van der Waals surface area contributed by atoms with Crippen molar-refractivity contribution in [3.63, 3.8) is 0 Å². The van der Waals surface area contributed by atoms with Crippen molar-refractivity contribution in [1.82, 2.24) is 9.97 Å². The smallest absolute Gasteiger partial charge is 0.406 e. The lowest BCUT2D eigenvalue weighted by atomic mass is 10.2. The predicted molar refractivity (Wildman–Crippen MR) is 104 cm³/mol. The number of hydrogen-bond acceptors (Lipinski definition) is 6. The second-order valence-corrected chi connectivity index (χ2v) is 6.51. The summed E-state index contributed by atoms with van der Waals surface area (Å²) in [5.41, 5.74) is 1.65. The van der Waals surface area contributed by atoms with Crippen LogP contribution in [0.15, 0.2) is 48.5 Å². The molecule has 0 unspecified atom stereocenters. The topological polar surface area (TPSA) is 76.6 Å². The van der Waals surface area contributed by atoms with Gasteiger partial charge in [-0.15, -0.1) is 13.2 Å². The van der Waals surface area contributed by atoms with Gasteiger partial charge in [-0.25, -0.2) is 9.97 Å². The minimum absolute atomic E-state index is 0.131. The summed E-state index contributed by atoms with van der Waals surface area (Å²) in [6, 6.07) is 12.1. The summed E-state index contributed by atoms with van der Waals surface area (Å²) >= 11 is 0. The molecule has 0 atom stereocenters. The first-order chi connectivity index (χ1) is 14.4. The van der Waals surface area contributed by atoms with Crippen LogP contribution in [0, 0.1) is 0 Å².